The Morgan fingerprint density at radius 1 is 1.05 bits per heavy atom. The third kappa shape index (κ3) is 2.12. The van der Waals surface area contributed by atoms with Gasteiger partial charge in [0.1, 0.15) is 5.69 Å². The number of methoxy groups -OCH3 is 1. The Morgan fingerprint density at radius 2 is 1.90 bits per heavy atom. The zero-order valence-corrected chi connectivity index (χ0v) is 10.9. The number of hydrogen-bond acceptors (Lipinski definition) is 4. The first-order chi connectivity index (χ1) is 9.79. The Labute approximate surface area is 116 Å². The fourth-order valence-electron chi connectivity index (χ4n) is 2.13. The number of esters is 1. The van der Waals surface area contributed by atoms with Crippen molar-refractivity contribution in [2.45, 2.75) is 0 Å². The molecule has 4 nitrogen and oxygen atoms in total. The van der Waals surface area contributed by atoms with Crippen LogP contribution in [-0.2, 0) is 4.74 Å². The maximum absolute atomic E-state index is 11.4. The topological polar surface area (TPSA) is 52.1 Å². The predicted molar refractivity (Wildman–Crippen MR) is 76.3 cm³/mol. The molecule has 0 spiro atoms. The molecule has 0 bridgehead atoms. The van der Waals surface area contributed by atoms with Crippen molar-refractivity contribution in [3.05, 3.63) is 60.6 Å². The second-order valence-electron chi connectivity index (χ2n) is 4.30. The van der Waals surface area contributed by atoms with Crippen molar-refractivity contribution < 1.29 is 9.53 Å². The molecule has 0 fully saturated rings. The van der Waals surface area contributed by atoms with Gasteiger partial charge in [-0.3, -0.25) is 4.98 Å². The summed E-state index contributed by atoms with van der Waals surface area (Å²) in [6.45, 7) is 0. The van der Waals surface area contributed by atoms with Gasteiger partial charge in [-0.2, -0.15) is 0 Å². The monoisotopic (exact) mass is 264 g/mol. The van der Waals surface area contributed by atoms with Crippen molar-refractivity contribution in [3.8, 4) is 11.1 Å². The van der Waals surface area contributed by atoms with Gasteiger partial charge in [0, 0.05) is 23.3 Å². The number of carbonyl (C=O) groups is 1. The predicted octanol–water partition coefficient (Wildman–Crippen LogP) is 3.08. The van der Waals surface area contributed by atoms with Crippen molar-refractivity contribution in [1.82, 2.24) is 9.97 Å². The first kappa shape index (κ1) is 12.3. The molecule has 0 amide bonds. The van der Waals surface area contributed by atoms with Crippen LogP contribution in [0, 0.1) is 0 Å². The summed E-state index contributed by atoms with van der Waals surface area (Å²) in [5.41, 5.74) is 3.22. The second kappa shape index (κ2) is 5.09. The smallest absolute Gasteiger partial charge is 0.356 e. The summed E-state index contributed by atoms with van der Waals surface area (Å²) >= 11 is 0. The highest BCUT2D eigenvalue weighted by molar-refractivity contribution is 5.94. The number of para-hydroxylation sites is 1. The van der Waals surface area contributed by atoms with Crippen LogP contribution in [0.4, 0.5) is 0 Å². The molecular weight excluding hydrogens is 252 g/mol. The molecule has 0 aliphatic heterocycles. The van der Waals surface area contributed by atoms with Gasteiger partial charge in [0.25, 0.3) is 0 Å². The number of benzene rings is 1. The molecule has 20 heavy (non-hydrogen) atoms. The third-order valence-corrected chi connectivity index (χ3v) is 3.12. The molecule has 0 unspecified atom stereocenters. The molecule has 3 aromatic rings. The van der Waals surface area contributed by atoms with Crippen LogP contribution in [0.25, 0.3) is 22.0 Å². The Bertz CT molecular complexity index is 762. The maximum Gasteiger partial charge on any atom is 0.356 e. The summed E-state index contributed by atoms with van der Waals surface area (Å²) in [6, 6.07) is 13.4. The molecule has 0 saturated heterocycles. The molecule has 2 heterocycles. The van der Waals surface area contributed by atoms with Gasteiger partial charge in [-0.25, -0.2) is 9.78 Å². The van der Waals surface area contributed by atoms with Gasteiger partial charge >= 0.3 is 5.97 Å². The zero-order valence-electron chi connectivity index (χ0n) is 10.9. The minimum absolute atomic E-state index is 0.301. The van der Waals surface area contributed by atoms with Crippen LogP contribution < -0.4 is 0 Å². The molecule has 0 radical (unpaired) electrons. The van der Waals surface area contributed by atoms with Crippen molar-refractivity contribution in [2.75, 3.05) is 7.11 Å². The molecule has 0 N–H and O–H groups in total. The van der Waals surface area contributed by atoms with Gasteiger partial charge in [-0.05, 0) is 23.8 Å². The van der Waals surface area contributed by atoms with Crippen molar-refractivity contribution in [3.63, 3.8) is 0 Å². The van der Waals surface area contributed by atoms with Crippen LogP contribution >= 0.6 is 0 Å². The SMILES string of the molecule is COC(=O)c1ccc(-c2ccnc3ccccc23)cn1. The molecule has 4 heteroatoms. The minimum Gasteiger partial charge on any atom is -0.464 e. The van der Waals surface area contributed by atoms with Gasteiger partial charge < -0.3 is 4.74 Å². The van der Waals surface area contributed by atoms with Crippen LogP contribution in [0.5, 0.6) is 0 Å². The zero-order chi connectivity index (χ0) is 13.9. The van der Waals surface area contributed by atoms with Crippen molar-refractivity contribution >= 4 is 16.9 Å². The van der Waals surface area contributed by atoms with Crippen LogP contribution in [-0.4, -0.2) is 23.0 Å². The van der Waals surface area contributed by atoms with Crippen LogP contribution in [0.2, 0.25) is 0 Å². The van der Waals surface area contributed by atoms with Gasteiger partial charge in [-0.15, -0.1) is 0 Å². The van der Waals surface area contributed by atoms with Gasteiger partial charge in [0.15, 0.2) is 0 Å². The van der Waals surface area contributed by atoms with Crippen LogP contribution in [0.3, 0.4) is 0 Å². The lowest BCUT2D eigenvalue weighted by Gasteiger charge is -2.06. The van der Waals surface area contributed by atoms with E-state index in [1.807, 2.05) is 36.4 Å². The molecule has 0 aliphatic carbocycles. The van der Waals surface area contributed by atoms with Crippen molar-refractivity contribution in [1.29, 1.82) is 0 Å². The highest BCUT2D eigenvalue weighted by atomic mass is 16.5. The number of carbonyl (C=O) groups excluding carboxylic acids is 1. The quantitative estimate of drug-likeness (QED) is 0.667. The Balaban J connectivity index is 2.09. The molecule has 2 aromatic heterocycles. The number of nitrogens with zero attached hydrogens (tertiary/aromatic N) is 2. The van der Waals surface area contributed by atoms with E-state index in [9.17, 15) is 4.79 Å². The number of pyridine rings is 2. The highest BCUT2D eigenvalue weighted by Crippen LogP contribution is 2.26. The standard InChI is InChI=1S/C16H12N2O2/c1-20-16(19)15-7-6-11(10-18-15)12-8-9-17-14-5-3-2-4-13(12)14/h2-10H,1H3. The number of fused-ring (bicyclic) bond motifs is 1. The normalized spacial score (nSPS) is 10.4. The molecule has 1 aromatic carbocycles. The lowest BCUT2D eigenvalue weighted by atomic mass is 10.0. The Hall–Kier alpha value is -2.75. The number of hydrogen-bond donors (Lipinski definition) is 0. The lowest BCUT2D eigenvalue weighted by molar-refractivity contribution is 0.0594. The number of ether oxygens (including phenoxy) is 1. The molecular formula is C16H12N2O2. The number of rotatable bonds is 2. The fraction of sp³-hybridized carbons (Fsp3) is 0.0625. The third-order valence-electron chi connectivity index (χ3n) is 3.12. The summed E-state index contributed by atoms with van der Waals surface area (Å²) < 4.78 is 4.64. The van der Waals surface area contributed by atoms with E-state index in [0.29, 0.717) is 5.69 Å². The molecule has 0 atom stereocenters. The van der Waals surface area contributed by atoms with E-state index in [2.05, 4.69) is 14.7 Å². The maximum atomic E-state index is 11.4. The lowest BCUT2D eigenvalue weighted by Crippen LogP contribution is -2.03. The van der Waals surface area contributed by atoms with E-state index < -0.39 is 5.97 Å². The Kier molecular flexibility index (Phi) is 3.13. The van der Waals surface area contributed by atoms with Gasteiger partial charge in [0.2, 0.25) is 0 Å². The average molecular weight is 264 g/mol. The summed E-state index contributed by atoms with van der Waals surface area (Å²) in [5.74, 6) is -0.434. The Morgan fingerprint density at radius 3 is 2.65 bits per heavy atom. The summed E-state index contributed by atoms with van der Waals surface area (Å²) in [6.07, 6.45) is 3.44. The van der Waals surface area contributed by atoms with E-state index in [4.69, 9.17) is 0 Å². The van der Waals surface area contributed by atoms with Crippen LogP contribution in [0.1, 0.15) is 10.5 Å². The van der Waals surface area contributed by atoms with E-state index in [1.54, 1.807) is 18.5 Å². The van der Waals surface area contributed by atoms with Crippen LogP contribution in [0.15, 0.2) is 54.9 Å². The second-order valence-corrected chi connectivity index (χ2v) is 4.30. The van der Waals surface area contributed by atoms with Gasteiger partial charge in [0.05, 0.1) is 12.6 Å². The first-order valence-electron chi connectivity index (χ1n) is 6.18. The number of aromatic nitrogens is 2. The van der Waals surface area contributed by atoms with E-state index in [1.165, 1.54) is 7.11 Å². The van der Waals surface area contributed by atoms with Gasteiger partial charge in [-0.1, -0.05) is 24.3 Å². The molecule has 0 aliphatic rings. The average Bonchev–Trinajstić information content (AvgIpc) is 2.54. The summed E-state index contributed by atoms with van der Waals surface area (Å²) in [7, 11) is 1.34. The van der Waals surface area contributed by atoms with E-state index >= 15 is 0 Å². The first-order valence-corrected chi connectivity index (χ1v) is 6.18. The van der Waals surface area contributed by atoms with Crippen molar-refractivity contribution in [2.24, 2.45) is 0 Å². The van der Waals surface area contributed by atoms with E-state index in [0.717, 1.165) is 22.0 Å². The largest absolute Gasteiger partial charge is 0.464 e. The highest BCUT2D eigenvalue weighted by Gasteiger charge is 2.08. The minimum atomic E-state index is -0.434. The summed E-state index contributed by atoms with van der Waals surface area (Å²) in [4.78, 5) is 19.8. The molecule has 3 rings (SSSR count). The molecule has 98 valence electrons. The fourth-order valence-corrected chi connectivity index (χ4v) is 2.13. The molecule has 0 saturated carbocycles. The van der Waals surface area contributed by atoms with E-state index in [-0.39, 0.29) is 0 Å². The summed E-state index contributed by atoms with van der Waals surface area (Å²) in [5, 5.41) is 1.06.